The number of carbonyl (C=O) groups is 1. The largest absolute Gasteiger partial charge is 0.350 e. The van der Waals surface area contributed by atoms with E-state index >= 15 is 0 Å². The van der Waals surface area contributed by atoms with Crippen molar-refractivity contribution in [3.05, 3.63) is 11.6 Å². The zero-order valence-electron chi connectivity index (χ0n) is 8.44. The number of carbonyl (C=O) groups excluding carboxylic acids is 1. The number of hydrogen-bond acceptors (Lipinski definition) is 1. The minimum Gasteiger partial charge on any atom is -0.350 e. The van der Waals surface area contributed by atoms with Crippen LogP contribution in [-0.4, -0.2) is 17.9 Å². The highest BCUT2D eigenvalue weighted by molar-refractivity contribution is 5.88. The molecule has 1 amide bonds. The molecule has 0 aromatic carbocycles. The molecule has 1 rings (SSSR count). The zero-order valence-corrected chi connectivity index (χ0v) is 8.44. The maximum atomic E-state index is 12.7. The highest BCUT2D eigenvalue weighted by atomic mass is 19.3. The molecule has 1 atom stereocenters. The standard InChI is InChI=1S/C10H15F2NO/c1-7(2)5-9(14)13-8-3-4-10(11,12)6-8/h5,8H,3-4,6H2,1-2H3,(H,13,14). The van der Waals surface area contributed by atoms with Crippen LogP contribution < -0.4 is 5.32 Å². The van der Waals surface area contributed by atoms with Gasteiger partial charge in [-0.25, -0.2) is 8.78 Å². The molecule has 0 aliphatic heterocycles. The average Bonchev–Trinajstić information content (AvgIpc) is 2.27. The molecule has 0 radical (unpaired) electrons. The Morgan fingerprint density at radius 2 is 2.14 bits per heavy atom. The first-order valence-corrected chi connectivity index (χ1v) is 4.72. The molecule has 1 aliphatic rings. The Kier molecular flexibility index (Phi) is 3.24. The van der Waals surface area contributed by atoms with E-state index in [9.17, 15) is 13.6 Å². The minimum atomic E-state index is -2.59. The monoisotopic (exact) mass is 203 g/mol. The first-order chi connectivity index (χ1) is 6.39. The Balaban J connectivity index is 2.40. The summed E-state index contributed by atoms with van der Waals surface area (Å²) in [5.74, 6) is -2.86. The highest BCUT2D eigenvalue weighted by Gasteiger charge is 2.39. The summed E-state index contributed by atoms with van der Waals surface area (Å²) in [7, 11) is 0. The lowest BCUT2D eigenvalue weighted by molar-refractivity contribution is -0.117. The van der Waals surface area contributed by atoms with Crippen LogP contribution in [-0.2, 0) is 4.79 Å². The van der Waals surface area contributed by atoms with Crippen molar-refractivity contribution in [2.24, 2.45) is 0 Å². The van der Waals surface area contributed by atoms with Gasteiger partial charge in [-0.3, -0.25) is 4.79 Å². The maximum absolute atomic E-state index is 12.7. The van der Waals surface area contributed by atoms with E-state index in [0.717, 1.165) is 5.57 Å². The van der Waals surface area contributed by atoms with Gasteiger partial charge in [-0.1, -0.05) is 5.57 Å². The number of amides is 1. The molecule has 2 nitrogen and oxygen atoms in total. The van der Waals surface area contributed by atoms with Crippen molar-refractivity contribution in [2.45, 2.75) is 45.1 Å². The van der Waals surface area contributed by atoms with Gasteiger partial charge in [0, 0.05) is 25.0 Å². The summed E-state index contributed by atoms with van der Waals surface area (Å²) < 4.78 is 25.5. The van der Waals surface area contributed by atoms with Crippen LogP contribution >= 0.6 is 0 Å². The van der Waals surface area contributed by atoms with Gasteiger partial charge in [0.2, 0.25) is 11.8 Å². The van der Waals surface area contributed by atoms with E-state index in [2.05, 4.69) is 5.32 Å². The molecule has 1 unspecified atom stereocenters. The van der Waals surface area contributed by atoms with Crippen molar-refractivity contribution in [1.82, 2.24) is 5.32 Å². The van der Waals surface area contributed by atoms with Gasteiger partial charge in [-0.2, -0.15) is 0 Å². The van der Waals surface area contributed by atoms with Gasteiger partial charge >= 0.3 is 0 Å². The highest BCUT2D eigenvalue weighted by Crippen LogP contribution is 2.34. The molecular formula is C10H15F2NO. The van der Waals surface area contributed by atoms with Crippen LogP contribution in [0, 0.1) is 0 Å². The molecular weight excluding hydrogens is 188 g/mol. The second kappa shape index (κ2) is 4.07. The number of halogens is 2. The van der Waals surface area contributed by atoms with Gasteiger partial charge in [-0.05, 0) is 20.3 Å². The Hall–Kier alpha value is -0.930. The van der Waals surface area contributed by atoms with Crippen molar-refractivity contribution < 1.29 is 13.6 Å². The molecule has 0 spiro atoms. The Labute approximate surface area is 82.4 Å². The van der Waals surface area contributed by atoms with Crippen LogP contribution in [0.25, 0.3) is 0 Å². The number of alkyl halides is 2. The molecule has 1 aliphatic carbocycles. The Morgan fingerprint density at radius 3 is 2.57 bits per heavy atom. The SMILES string of the molecule is CC(C)=CC(=O)NC1CCC(F)(F)C1. The second-order valence-electron chi connectivity index (χ2n) is 4.03. The van der Waals surface area contributed by atoms with Gasteiger partial charge in [0.05, 0.1) is 0 Å². The van der Waals surface area contributed by atoms with E-state index in [1.165, 1.54) is 6.08 Å². The molecule has 1 saturated carbocycles. The second-order valence-corrected chi connectivity index (χ2v) is 4.03. The first kappa shape index (κ1) is 11.1. The third kappa shape index (κ3) is 3.44. The summed E-state index contributed by atoms with van der Waals surface area (Å²) in [6.07, 6.45) is 1.45. The van der Waals surface area contributed by atoms with Crippen molar-refractivity contribution in [1.29, 1.82) is 0 Å². The summed E-state index contributed by atoms with van der Waals surface area (Å²) in [6.45, 7) is 3.59. The van der Waals surface area contributed by atoms with Crippen molar-refractivity contribution >= 4 is 5.91 Å². The molecule has 14 heavy (non-hydrogen) atoms. The fourth-order valence-corrected chi connectivity index (χ4v) is 1.58. The molecule has 0 bridgehead atoms. The average molecular weight is 203 g/mol. The van der Waals surface area contributed by atoms with Crippen molar-refractivity contribution in [3.63, 3.8) is 0 Å². The Bertz CT molecular complexity index is 257. The smallest absolute Gasteiger partial charge is 0.250 e. The molecule has 0 aromatic heterocycles. The fourth-order valence-electron chi connectivity index (χ4n) is 1.58. The van der Waals surface area contributed by atoms with E-state index in [-0.39, 0.29) is 24.8 Å². The maximum Gasteiger partial charge on any atom is 0.250 e. The zero-order chi connectivity index (χ0) is 10.8. The first-order valence-electron chi connectivity index (χ1n) is 4.72. The van der Waals surface area contributed by atoms with E-state index in [4.69, 9.17) is 0 Å². The predicted octanol–water partition coefficient (Wildman–Crippen LogP) is 2.26. The summed E-state index contributed by atoms with van der Waals surface area (Å²) in [5, 5.41) is 2.57. The molecule has 0 heterocycles. The van der Waals surface area contributed by atoms with Gasteiger partial charge in [0.25, 0.3) is 0 Å². The number of allylic oxidation sites excluding steroid dienone is 1. The summed E-state index contributed by atoms with van der Waals surface area (Å²) in [5.41, 5.74) is 0.868. The van der Waals surface area contributed by atoms with Crippen LogP contribution in [0.3, 0.4) is 0 Å². The Morgan fingerprint density at radius 1 is 1.50 bits per heavy atom. The topological polar surface area (TPSA) is 29.1 Å². The van der Waals surface area contributed by atoms with Gasteiger partial charge in [0.1, 0.15) is 0 Å². The number of hydrogen-bond donors (Lipinski definition) is 1. The van der Waals surface area contributed by atoms with E-state index < -0.39 is 5.92 Å². The lowest BCUT2D eigenvalue weighted by Crippen LogP contribution is -2.32. The van der Waals surface area contributed by atoms with Crippen LogP contribution in [0.1, 0.15) is 33.1 Å². The van der Waals surface area contributed by atoms with Crippen LogP contribution in [0.2, 0.25) is 0 Å². The molecule has 4 heteroatoms. The third-order valence-electron chi connectivity index (χ3n) is 2.17. The molecule has 0 aromatic rings. The van der Waals surface area contributed by atoms with Gasteiger partial charge in [-0.15, -0.1) is 0 Å². The van der Waals surface area contributed by atoms with Gasteiger partial charge < -0.3 is 5.32 Å². The molecule has 0 saturated heterocycles. The summed E-state index contributed by atoms with van der Waals surface area (Å²) >= 11 is 0. The molecule has 1 N–H and O–H groups in total. The molecule has 1 fully saturated rings. The van der Waals surface area contributed by atoms with Crippen molar-refractivity contribution in [2.75, 3.05) is 0 Å². The lowest BCUT2D eigenvalue weighted by Gasteiger charge is -2.11. The third-order valence-corrected chi connectivity index (χ3v) is 2.17. The van der Waals surface area contributed by atoms with Gasteiger partial charge in [0.15, 0.2) is 0 Å². The minimum absolute atomic E-state index is 0.118. The van der Waals surface area contributed by atoms with Crippen LogP contribution in [0.5, 0.6) is 0 Å². The molecule has 80 valence electrons. The summed E-state index contributed by atoms with van der Waals surface area (Å²) in [4.78, 5) is 11.2. The lowest BCUT2D eigenvalue weighted by atomic mass is 10.2. The quantitative estimate of drug-likeness (QED) is 0.685. The van der Waals surface area contributed by atoms with E-state index in [0.29, 0.717) is 6.42 Å². The number of rotatable bonds is 2. The normalized spacial score (nSPS) is 24.4. The predicted molar refractivity (Wildman–Crippen MR) is 50.2 cm³/mol. The fraction of sp³-hybridized carbons (Fsp3) is 0.700. The van der Waals surface area contributed by atoms with Crippen LogP contribution in [0.15, 0.2) is 11.6 Å². The summed E-state index contributed by atoms with van der Waals surface area (Å²) in [6, 6.07) is -0.368. The number of nitrogens with one attached hydrogen (secondary N) is 1. The van der Waals surface area contributed by atoms with Crippen molar-refractivity contribution in [3.8, 4) is 0 Å². The van der Waals surface area contributed by atoms with E-state index in [1.54, 1.807) is 13.8 Å². The van der Waals surface area contributed by atoms with E-state index in [1.807, 2.05) is 0 Å². The van der Waals surface area contributed by atoms with Crippen LogP contribution in [0.4, 0.5) is 8.78 Å².